The number of anilines is 1. The van der Waals surface area contributed by atoms with Crippen molar-refractivity contribution in [1.82, 2.24) is 9.62 Å². The average molecular weight is 396 g/mol. The normalized spacial score (nSPS) is 20.7. The Kier molecular flexibility index (Phi) is 6.53. The monoisotopic (exact) mass is 395 g/mol. The first-order valence-corrected chi connectivity index (χ1v) is 11.5. The highest BCUT2D eigenvalue weighted by Gasteiger charge is 2.27. The van der Waals surface area contributed by atoms with Gasteiger partial charge in [-0.2, -0.15) is 4.31 Å². The van der Waals surface area contributed by atoms with Gasteiger partial charge in [0, 0.05) is 24.8 Å². The number of benzene rings is 1. The average Bonchev–Trinajstić information content (AvgIpc) is 2.63. The van der Waals surface area contributed by atoms with Crippen LogP contribution < -0.4 is 10.6 Å². The molecule has 2 N–H and O–H groups in total. The Morgan fingerprint density at radius 3 is 2.27 bits per heavy atom. The lowest BCUT2D eigenvalue weighted by atomic mass is 9.96. The van der Waals surface area contributed by atoms with Gasteiger partial charge in [0.2, 0.25) is 10.0 Å². The van der Waals surface area contributed by atoms with Gasteiger partial charge in [0.1, 0.15) is 0 Å². The third-order valence-electron chi connectivity index (χ3n) is 5.43. The van der Waals surface area contributed by atoms with Crippen molar-refractivity contribution in [2.45, 2.75) is 62.8 Å². The van der Waals surface area contributed by atoms with Crippen molar-refractivity contribution in [1.29, 1.82) is 0 Å². The molecule has 7 heteroatoms. The van der Waals surface area contributed by atoms with E-state index in [4.69, 9.17) is 12.2 Å². The number of sulfonamides is 1. The van der Waals surface area contributed by atoms with Gasteiger partial charge in [-0.15, -0.1) is 0 Å². The summed E-state index contributed by atoms with van der Waals surface area (Å²) in [5, 5.41) is 7.14. The van der Waals surface area contributed by atoms with Crippen molar-refractivity contribution in [3.8, 4) is 0 Å². The fourth-order valence-corrected chi connectivity index (χ4v) is 5.44. The molecule has 0 amide bonds. The van der Waals surface area contributed by atoms with Crippen LogP contribution in [0.2, 0.25) is 0 Å². The summed E-state index contributed by atoms with van der Waals surface area (Å²) in [5.74, 6) is 0.603. The standard InChI is InChI=1S/C19H29N3O2S2/c1-15-11-13-22(14-12-15)26(23,24)18-9-7-17(8-10-18)21-19(25)20-16-5-3-2-4-6-16/h7-10,15-16H,2-6,11-14H2,1H3,(H2,20,21,25). The zero-order chi connectivity index (χ0) is 18.6. The van der Waals surface area contributed by atoms with Crippen LogP contribution in [0.1, 0.15) is 51.9 Å². The van der Waals surface area contributed by atoms with Crippen LogP contribution in [0, 0.1) is 5.92 Å². The maximum Gasteiger partial charge on any atom is 0.243 e. The molecule has 5 nitrogen and oxygen atoms in total. The summed E-state index contributed by atoms with van der Waals surface area (Å²) in [6.07, 6.45) is 8.00. The first-order valence-electron chi connectivity index (χ1n) is 9.63. The van der Waals surface area contributed by atoms with Gasteiger partial charge in [0.25, 0.3) is 0 Å². The Bertz CT molecular complexity index is 705. The molecule has 3 rings (SSSR count). The Balaban J connectivity index is 1.58. The molecule has 1 heterocycles. The lowest BCUT2D eigenvalue weighted by Crippen LogP contribution is -2.39. The molecule has 0 aromatic heterocycles. The maximum atomic E-state index is 12.8. The van der Waals surface area contributed by atoms with Gasteiger partial charge in [-0.3, -0.25) is 0 Å². The van der Waals surface area contributed by atoms with E-state index in [9.17, 15) is 8.42 Å². The van der Waals surface area contributed by atoms with E-state index in [1.165, 1.54) is 19.3 Å². The summed E-state index contributed by atoms with van der Waals surface area (Å²) in [6.45, 7) is 3.40. The van der Waals surface area contributed by atoms with Crippen LogP contribution in [-0.2, 0) is 10.0 Å². The predicted molar refractivity (Wildman–Crippen MR) is 110 cm³/mol. The second-order valence-corrected chi connectivity index (χ2v) is 9.89. The summed E-state index contributed by atoms with van der Waals surface area (Å²) in [7, 11) is -3.40. The van der Waals surface area contributed by atoms with Crippen LogP contribution >= 0.6 is 12.2 Å². The van der Waals surface area contributed by atoms with Gasteiger partial charge in [-0.25, -0.2) is 8.42 Å². The number of nitrogens with one attached hydrogen (secondary N) is 2. The minimum atomic E-state index is -3.40. The van der Waals surface area contributed by atoms with E-state index in [0.29, 0.717) is 35.1 Å². The number of rotatable bonds is 4. The topological polar surface area (TPSA) is 61.4 Å². The van der Waals surface area contributed by atoms with Crippen LogP contribution in [0.3, 0.4) is 0 Å². The largest absolute Gasteiger partial charge is 0.360 e. The molecular formula is C19H29N3O2S2. The van der Waals surface area contributed by atoms with Crippen molar-refractivity contribution in [3.05, 3.63) is 24.3 Å². The number of hydrogen-bond donors (Lipinski definition) is 2. The van der Waals surface area contributed by atoms with Crippen molar-refractivity contribution in [2.24, 2.45) is 5.92 Å². The van der Waals surface area contributed by atoms with Gasteiger partial charge in [-0.05, 0) is 68.1 Å². The summed E-state index contributed by atoms with van der Waals surface area (Å²) in [6, 6.07) is 7.35. The molecule has 2 fully saturated rings. The third kappa shape index (κ3) is 4.96. The smallest absolute Gasteiger partial charge is 0.243 e. The molecule has 1 aromatic carbocycles. The van der Waals surface area contributed by atoms with Crippen LogP contribution in [0.25, 0.3) is 0 Å². The van der Waals surface area contributed by atoms with Crippen LogP contribution in [0.4, 0.5) is 5.69 Å². The summed E-state index contributed by atoms with van der Waals surface area (Å²) in [4.78, 5) is 0.351. The minimum Gasteiger partial charge on any atom is -0.360 e. The molecule has 0 atom stereocenters. The fourth-order valence-electron chi connectivity index (χ4n) is 3.68. The van der Waals surface area contributed by atoms with E-state index in [1.54, 1.807) is 28.6 Å². The second kappa shape index (κ2) is 8.67. The van der Waals surface area contributed by atoms with Crippen molar-refractivity contribution < 1.29 is 8.42 Å². The Morgan fingerprint density at radius 2 is 1.65 bits per heavy atom. The van der Waals surface area contributed by atoms with E-state index in [-0.39, 0.29) is 0 Å². The number of piperidine rings is 1. The fraction of sp³-hybridized carbons (Fsp3) is 0.632. The van der Waals surface area contributed by atoms with Crippen molar-refractivity contribution >= 4 is 33.0 Å². The van der Waals surface area contributed by atoms with E-state index < -0.39 is 10.0 Å². The first-order chi connectivity index (χ1) is 12.4. The highest BCUT2D eigenvalue weighted by atomic mass is 32.2. The van der Waals surface area contributed by atoms with E-state index in [2.05, 4.69) is 17.6 Å². The zero-order valence-electron chi connectivity index (χ0n) is 15.4. The van der Waals surface area contributed by atoms with Crippen molar-refractivity contribution in [2.75, 3.05) is 18.4 Å². The Labute approximate surface area is 162 Å². The molecule has 0 bridgehead atoms. The summed E-state index contributed by atoms with van der Waals surface area (Å²) >= 11 is 5.39. The quantitative estimate of drug-likeness (QED) is 0.761. The second-order valence-electron chi connectivity index (χ2n) is 7.54. The number of nitrogens with zero attached hydrogens (tertiary/aromatic N) is 1. The molecule has 0 radical (unpaired) electrons. The van der Waals surface area contributed by atoms with Gasteiger partial charge in [0.05, 0.1) is 4.90 Å². The first kappa shape index (κ1) is 19.6. The van der Waals surface area contributed by atoms with Crippen LogP contribution in [0.15, 0.2) is 29.2 Å². The SMILES string of the molecule is CC1CCN(S(=O)(=O)c2ccc(NC(=S)NC3CCCCC3)cc2)CC1. The molecule has 0 unspecified atom stereocenters. The van der Waals surface area contributed by atoms with E-state index in [0.717, 1.165) is 31.4 Å². The molecule has 0 spiro atoms. The number of thiocarbonyl (C=S) groups is 1. The summed E-state index contributed by atoms with van der Waals surface area (Å²) in [5.41, 5.74) is 0.810. The molecule has 1 saturated heterocycles. The molecule has 1 aromatic rings. The molecule has 2 aliphatic rings. The molecule has 1 saturated carbocycles. The predicted octanol–water partition coefficient (Wildman–Crippen LogP) is 3.73. The highest BCUT2D eigenvalue weighted by molar-refractivity contribution is 7.89. The van der Waals surface area contributed by atoms with Gasteiger partial charge in [0.15, 0.2) is 5.11 Å². The van der Waals surface area contributed by atoms with E-state index >= 15 is 0 Å². The van der Waals surface area contributed by atoms with Gasteiger partial charge >= 0.3 is 0 Å². The maximum absolute atomic E-state index is 12.8. The Morgan fingerprint density at radius 1 is 1.04 bits per heavy atom. The molecule has 1 aliphatic carbocycles. The van der Waals surface area contributed by atoms with Gasteiger partial charge < -0.3 is 10.6 Å². The lowest BCUT2D eigenvalue weighted by Gasteiger charge is -2.29. The lowest BCUT2D eigenvalue weighted by molar-refractivity contribution is 0.288. The van der Waals surface area contributed by atoms with Gasteiger partial charge in [-0.1, -0.05) is 26.2 Å². The summed E-state index contributed by atoms with van der Waals surface area (Å²) < 4.78 is 27.1. The third-order valence-corrected chi connectivity index (χ3v) is 7.57. The zero-order valence-corrected chi connectivity index (χ0v) is 17.0. The molecule has 26 heavy (non-hydrogen) atoms. The van der Waals surface area contributed by atoms with E-state index in [1.807, 2.05) is 0 Å². The molecular weight excluding hydrogens is 366 g/mol. The van der Waals surface area contributed by atoms with Crippen molar-refractivity contribution in [3.63, 3.8) is 0 Å². The molecule has 1 aliphatic heterocycles. The van der Waals surface area contributed by atoms with Crippen LogP contribution in [-0.4, -0.2) is 37.0 Å². The van der Waals surface area contributed by atoms with Crippen LogP contribution in [0.5, 0.6) is 0 Å². The molecule has 144 valence electrons. The highest BCUT2D eigenvalue weighted by Crippen LogP contribution is 2.24. The Hall–Kier alpha value is -1.18. The number of hydrogen-bond acceptors (Lipinski definition) is 3. The minimum absolute atomic E-state index is 0.351.